The topological polar surface area (TPSA) is 74.2 Å². The third-order valence-corrected chi connectivity index (χ3v) is 11.7. The lowest BCUT2D eigenvalue weighted by molar-refractivity contribution is -0.134. The number of amides is 2. The van der Waals surface area contributed by atoms with Crippen LogP contribution in [-0.4, -0.2) is 106 Å². The number of hydrogen-bond donors (Lipinski definition) is 0. The van der Waals surface area contributed by atoms with Crippen LogP contribution in [0.4, 0.5) is 10.6 Å². The van der Waals surface area contributed by atoms with Gasteiger partial charge in [0.2, 0.25) is 5.91 Å². The molecule has 8 rings (SSSR count). The van der Waals surface area contributed by atoms with Gasteiger partial charge in [0.05, 0.1) is 17.3 Å². The van der Waals surface area contributed by atoms with Gasteiger partial charge in [0.1, 0.15) is 18.5 Å². The molecule has 4 atom stereocenters. The third-order valence-electron chi connectivity index (χ3n) is 10.7. The van der Waals surface area contributed by atoms with E-state index in [1.807, 2.05) is 34.7 Å². The van der Waals surface area contributed by atoms with Crippen LogP contribution >= 0.6 is 11.8 Å². The average molecular weight is 665 g/mol. The van der Waals surface area contributed by atoms with E-state index < -0.39 is 6.04 Å². The second kappa shape index (κ2) is 13.1. The molecule has 10 heteroatoms. The molecule has 4 unspecified atom stereocenters. The monoisotopic (exact) mass is 664 g/mol. The first-order valence-electron chi connectivity index (χ1n) is 17.4. The van der Waals surface area contributed by atoms with Crippen LogP contribution in [0.5, 0.6) is 0 Å². The maximum absolute atomic E-state index is 14.0. The summed E-state index contributed by atoms with van der Waals surface area (Å²) in [6.07, 6.45) is 5.77. The van der Waals surface area contributed by atoms with Crippen LogP contribution in [0.3, 0.4) is 0 Å². The summed E-state index contributed by atoms with van der Waals surface area (Å²) in [5, 5.41) is 4.79. The van der Waals surface area contributed by atoms with Gasteiger partial charge in [0, 0.05) is 63.0 Å². The number of ether oxygens (including phenoxy) is 1. The van der Waals surface area contributed by atoms with Crippen LogP contribution < -0.4 is 4.90 Å². The summed E-state index contributed by atoms with van der Waals surface area (Å²) < 4.78 is 8.19. The third kappa shape index (κ3) is 5.83. The molecular weight excluding hydrogens is 621 g/mol. The van der Waals surface area contributed by atoms with Gasteiger partial charge in [-0.15, -0.1) is 11.8 Å². The van der Waals surface area contributed by atoms with Crippen LogP contribution in [0.2, 0.25) is 0 Å². The molecule has 0 saturated carbocycles. The van der Waals surface area contributed by atoms with E-state index in [1.54, 1.807) is 16.7 Å². The number of allylic oxidation sites excluding steroid dienone is 3. The second-order valence-corrected chi connectivity index (χ2v) is 14.9. The first-order chi connectivity index (χ1) is 23.4. The quantitative estimate of drug-likeness (QED) is 0.342. The van der Waals surface area contributed by atoms with E-state index in [9.17, 15) is 9.59 Å². The zero-order valence-electron chi connectivity index (χ0n) is 27.8. The van der Waals surface area contributed by atoms with Gasteiger partial charge in [-0.25, -0.2) is 9.48 Å². The summed E-state index contributed by atoms with van der Waals surface area (Å²) in [5.74, 6) is 3.30. The normalized spacial score (nSPS) is 25.5. The van der Waals surface area contributed by atoms with Crippen LogP contribution in [0.15, 0.2) is 78.4 Å². The summed E-state index contributed by atoms with van der Waals surface area (Å²) in [4.78, 5) is 36.3. The first-order valence-corrected chi connectivity index (χ1v) is 18.5. The number of fused-ring (bicyclic) bond motifs is 2. The highest BCUT2D eigenvalue weighted by Crippen LogP contribution is 2.47. The largest absolute Gasteiger partial charge is 0.448 e. The number of piperazine rings is 1. The fourth-order valence-corrected chi connectivity index (χ4v) is 9.18. The van der Waals surface area contributed by atoms with E-state index in [1.165, 1.54) is 22.3 Å². The zero-order chi connectivity index (χ0) is 32.8. The summed E-state index contributed by atoms with van der Waals surface area (Å²) >= 11 is 1.77. The number of rotatable bonds is 6. The predicted molar refractivity (Wildman–Crippen MR) is 190 cm³/mol. The van der Waals surface area contributed by atoms with E-state index >= 15 is 0 Å². The van der Waals surface area contributed by atoms with Crippen LogP contribution in [0.1, 0.15) is 42.5 Å². The number of benzene rings is 2. The van der Waals surface area contributed by atoms with Crippen molar-refractivity contribution in [1.82, 2.24) is 24.5 Å². The van der Waals surface area contributed by atoms with Crippen molar-refractivity contribution < 1.29 is 14.3 Å². The lowest BCUT2D eigenvalue weighted by atomic mass is 9.88. The van der Waals surface area contributed by atoms with Crippen LogP contribution in [-0.2, 0) is 9.53 Å². The van der Waals surface area contributed by atoms with Gasteiger partial charge in [-0.05, 0) is 60.1 Å². The zero-order valence-corrected chi connectivity index (χ0v) is 28.6. The molecule has 3 fully saturated rings. The molecule has 2 aromatic carbocycles. The van der Waals surface area contributed by atoms with Crippen molar-refractivity contribution in [2.75, 3.05) is 62.4 Å². The molecule has 9 nitrogen and oxygen atoms in total. The molecule has 48 heavy (non-hydrogen) atoms. The number of nitrogens with zero attached hydrogens (tertiary/aromatic N) is 6. The molecule has 1 aromatic heterocycles. The second-order valence-electron chi connectivity index (χ2n) is 13.8. The van der Waals surface area contributed by atoms with Gasteiger partial charge in [-0.3, -0.25) is 14.6 Å². The maximum Gasteiger partial charge on any atom is 0.410 e. The molecular formula is C38H44N6O3S. The maximum atomic E-state index is 14.0. The molecule has 0 spiro atoms. The van der Waals surface area contributed by atoms with Gasteiger partial charge in [0.15, 0.2) is 0 Å². The van der Waals surface area contributed by atoms with Gasteiger partial charge in [-0.1, -0.05) is 61.5 Å². The molecule has 250 valence electrons. The Bertz CT molecular complexity index is 1740. The summed E-state index contributed by atoms with van der Waals surface area (Å²) in [6, 6.07) is 20.6. The average Bonchev–Trinajstić information content (AvgIpc) is 3.93. The van der Waals surface area contributed by atoms with Crippen molar-refractivity contribution >= 4 is 35.2 Å². The summed E-state index contributed by atoms with van der Waals surface area (Å²) in [6.45, 7) is 9.22. The van der Waals surface area contributed by atoms with E-state index in [-0.39, 0.29) is 30.6 Å². The van der Waals surface area contributed by atoms with Crippen molar-refractivity contribution in [3.8, 4) is 5.69 Å². The standard InChI is InChI=1S/C38H44N6O3S/c1-26-12-13-32-33(20-26)30-10-6-7-11-31(30)34(32)24-47-38(46)43-23-29(22-35(43)37(45)42-18-19-48-25-42)40-14-16-41(17-15-40)36-21-27(2)39-44(36)28-8-4-3-5-9-28/h3-13,21,26,29,34-35H,14-20,22-25H2,1-2H3. The van der Waals surface area contributed by atoms with Gasteiger partial charge >= 0.3 is 6.09 Å². The number of para-hydroxylation sites is 1. The number of thioether (sulfide) groups is 1. The molecule has 3 aromatic rings. The van der Waals surface area contributed by atoms with Crippen molar-refractivity contribution in [2.45, 2.75) is 44.7 Å². The molecule has 2 amide bonds. The van der Waals surface area contributed by atoms with E-state index in [0.717, 1.165) is 62.1 Å². The molecule has 0 radical (unpaired) electrons. The number of aryl methyl sites for hydroxylation is 1. The highest BCUT2D eigenvalue weighted by atomic mass is 32.2. The minimum absolute atomic E-state index is 0.0208. The molecule has 3 aliphatic heterocycles. The van der Waals surface area contributed by atoms with Crippen molar-refractivity contribution in [3.05, 3.63) is 95.2 Å². The summed E-state index contributed by atoms with van der Waals surface area (Å²) in [5.41, 5.74) is 7.21. The molecule has 2 aliphatic carbocycles. The number of carbonyl (C=O) groups is 2. The minimum atomic E-state index is -0.498. The molecule has 4 heterocycles. The minimum Gasteiger partial charge on any atom is -0.448 e. The Morgan fingerprint density at radius 2 is 1.79 bits per heavy atom. The summed E-state index contributed by atoms with van der Waals surface area (Å²) in [7, 11) is 0. The van der Waals surface area contributed by atoms with Crippen molar-refractivity contribution in [3.63, 3.8) is 0 Å². The first kappa shape index (κ1) is 31.3. The Hall–Kier alpha value is -4.02. The lowest BCUT2D eigenvalue weighted by Gasteiger charge is -2.38. The Morgan fingerprint density at radius 1 is 1.00 bits per heavy atom. The Kier molecular flexibility index (Phi) is 8.54. The molecule has 3 saturated heterocycles. The fourth-order valence-electron chi connectivity index (χ4n) is 8.23. The SMILES string of the molecule is Cc1cc(N2CCN(C3CC(C(=O)N4CCSC4)N(C(=O)OCC4C5=C(CC(C)C=C5)c5ccccc54)C3)CC2)n(-c2ccccc2)n1. The number of anilines is 1. The van der Waals surface area contributed by atoms with E-state index in [4.69, 9.17) is 9.84 Å². The Morgan fingerprint density at radius 3 is 2.58 bits per heavy atom. The highest BCUT2D eigenvalue weighted by molar-refractivity contribution is 7.99. The number of hydrogen-bond acceptors (Lipinski definition) is 7. The van der Waals surface area contributed by atoms with Crippen molar-refractivity contribution in [1.29, 1.82) is 0 Å². The number of likely N-dealkylation sites (tertiary alicyclic amines) is 1. The van der Waals surface area contributed by atoms with Crippen LogP contribution in [0, 0.1) is 12.8 Å². The van der Waals surface area contributed by atoms with Gasteiger partial charge in [-0.2, -0.15) is 5.10 Å². The van der Waals surface area contributed by atoms with Gasteiger partial charge < -0.3 is 14.5 Å². The predicted octanol–water partition coefficient (Wildman–Crippen LogP) is 5.56. The highest BCUT2D eigenvalue weighted by Gasteiger charge is 2.45. The smallest absolute Gasteiger partial charge is 0.410 e. The molecule has 5 aliphatic rings. The van der Waals surface area contributed by atoms with Crippen molar-refractivity contribution in [2.24, 2.45) is 5.92 Å². The molecule has 0 bridgehead atoms. The van der Waals surface area contributed by atoms with Crippen LogP contribution in [0.25, 0.3) is 11.3 Å². The Balaban J connectivity index is 0.964. The number of carbonyl (C=O) groups excluding carboxylic acids is 2. The Labute approximate surface area is 287 Å². The van der Waals surface area contributed by atoms with E-state index in [0.29, 0.717) is 24.8 Å². The number of aromatic nitrogens is 2. The lowest BCUT2D eigenvalue weighted by Crippen LogP contribution is -2.51. The van der Waals surface area contributed by atoms with Gasteiger partial charge in [0.25, 0.3) is 0 Å². The van der Waals surface area contributed by atoms with E-state index in [2.05, 4.69) is 71.3 Å². The fraction of sp³-hybridized carbons (Fsp3) is 0.447. The molecule has 0 N–H and O–H groups in total.